The molecule has 3 heterocycles. The van der Waals surface area contributed by atoms with Gasteiger partial charge in [0.1, 0.15) is 0 Å². The molecule has 3 saturated heterocycles. The van der Waals surface area contributed by atoms with Gasteiger partial charge in [-0.3, -0.25) is 9.69 Å². The Morgan fingerprint density at radius 1 is 1.15 bits per heavy atom. The van der Waals surface area contributed by atoms with Crippen LogP contribution in [0.25, 0.3) is 0 Å². The van der Waals surface area contributed by atoms with E-state index in [-0.39, 0.29) is 17.9 Å². The van der Waals surface area contributed by atoms with Gasteiger partial charge in [-0.05, 0) is 63.2 Å². The van der Waals surface area contributed by atoms with Crippen molar-refractivity contribution in [1.29, 1.82) is 0 Å². The summed E-state index contributed by atoms with van der Waals surface area (Å²) >= 11 is 0. The van der Waals surface area contributed by atoms with Crippen LogP contribution in [0.1, 0.15) is 43.6 Å². The topological polar surface area (TPSA) is 55.8 Å². The Kier molecular flexibility index (Phi) is 5.81. The molecule has 4 rings (SSSR count). The smallest absolute Gasteiger partial charge is 0.236 e. The summed E-state index contributed by atoms with van der Waals surface area (Å²) in [6.45, 7) is 5.26. The number of benzene rings is 1. The molecular weight excluding hydrogens is 338 g/mol. The normalized spacial score (nSPS) is 30.1. The maximum absolute atomic E-state index is 12.9. The first-order valence-electron chi connectivity index (χ1n) is 10.6. The summed E-state index contributed by atoms with van der Waals surface area (Å²) in [6.07, 6.45) is 5.33. The van der Waals surface area contributed by atoms with E-state index in [0.29, 0.717) is 25.0 Å². The van der Waals surface area contributed by atoms with Crippen molar-refractivity contribution in [3.8, 4) is 0 Å². The molecular formula is C22H33N3O2. The van der Waals surface area contributed by atoms with E-state index in [0.717, 1.165) is 58.3 Å². The highest BCUT2D eigenvalue weighted by Gasteiger charge is 2.45. The number of amides is 1. The van der Waals surface area contributed by atoms with Gasteiger partial charge in [0.15, 0.2) is 0 Å². The Bertz CT molecular complexity index is 630. The van der Waals surface area contributed by atoms with Crippen LogP contribution in [-0.4, -0.2) is 72.7 Å². The van der Waals surface area contributed by atoms with Crippen molar-refractivity contribution >= 4 is 5.91 Å². The summed E-state index contributed by atoms with van der Waals surface area (Å²) in [5, 5.41) is 13.6. The number of aliphatic hydroxyl groups excluding tert-OH is 1. The molecule has 0 unspecified atom stereocenters. The fourth-order valence-electron chi connectivity index (χ4n) is 5.34. The third-order valence-electron chi connectivity index (χ3n) is 7.06. The van der Waals surface area contributed by atoms with Crippen molar-refractivity contribution in [2.75, 3.05) is 45.9 Å². The van der Waals surface area contributed by atoms with Crippen molar-refractivity contribution < 1.29 is 9.90 Å². The van der Waals surface area contributed by atoms with Gasteiger partial charge in [0.25, 0.3) is 0 Å². The van der Waals surface area contributed by atoms with E-state index in [1.165, 1.54) is 5.56 Å². The minimum Gasteiger partial charge on any atom is -0.396 e. The lowest BCUT2D eigenvalue weighted by Gasteiger charge is -2.50. The molecule has 148 valence electrons. The molecule has 1 aromatic rings. The van der Waals surface area contributed by atoms with Gasteiger partial charge in [-0.15, -0.1) is 0 Å². The number of rotatable bonds is 4. The minimum atomic E-state index is -0.132. The summed E-state index contributed by atoms with van der Waals surface area (Å²) in [5.41, 5.74) is 1.30. The lowest BCUT2D eigenvalue weighted by atomic mass is 9.71. The second-order valence-corrected chi connectivity index (χ2v) is 8.70. The molecule has 3 aliphatic rings. The van der Waals surface area contributed by atoms with E-state index < -0.39 is 0 Å². The molecule has 27 heavy (non-hydrogen) atoms. The van der Waals surface area contributed by atoms with Crippen molar-refractivity contribution in [3.05, 3.63) is 35.9 Å². The lowest BCUT2D eigenvalue weighted by Crippen LogP contribution is -2.62. The number of likely N-dealkylation sites (tertiary alicyclic amines) is 2. The zero-order valence-corrected chi connectivity index (χ0v) is 16.3. The number of hydrogen-bond donors (Lipinski definition) is 2. The summed E-state index contributed by atoms with van der Waals surface area (Å²) < 4.78 is 0. The van der Waals surface area contributed by atoms with Crippen molar-refractivity contribution in [3.63, 3.8) is 0 Å². The zero-order valence-electron chi connectivity index (χ0n) is 16.3. The molecule has 3 aliphatic heterocycles. The van der Waals surface area contributed by atoms with Crippen LogP contribution in [0.3, 0.4) is 0 Å². The monoisotopic (exact) mass is 371 g/mol. The predicted octanol–water partition coefficient (Wildman–Crippen LogP) is 1.83. The van der Waals surface area contributed by atoms with Gasteiger partial charge in [0, 0.05) is 24.5 Å². The Labute approximate surface area is 162 Å². The summed E-state index contributed by atoms with van der Waals surface area (Å²) in [6, 6.07) is 11.1. The molecule has 0 spiro atoms. The van der Waals surface area contributed by atoms with Crippen LogP contribution in [0, 0.1) is 5.41 Å². The highest BCUT2D eigenvalue weighted by atomic mass is 16.3. The number of fused-ring (bicyclic) bond motifs is 1. The molecule has 1 aromatic carbocycles. The molecule has 2 atom stereocenters. The van der Waals surface area contributed by atoms with Crippen LogP contribution in [-0.2, 0) is 4.79 Å². The fraction of sp³-hybridized carbons (Fsp3) is 0.682. The largest absolute Gasteiger partial charge is 0.396 e. The van der Waals surface area contributed by atoms with Crippen molar-refractivity contribution in [2.24, 2.45) is 5.41 Å². The first-order valence-corrected chi connectivity index (χ1v) is 10.6. The number of aliphatic hydroxyl groups is 1. The molecule has 0 radical (unpaired) electrons. The second kappa shape index (κ2) is 8.29. The Balaban J connectivity index is 1.30. The number of nitrogens with zero attached hydrogens (tertiary/aromatic N) is 2. The number of hydrogen-bond acceptors (Lipinski definition) is 4. The molecule has 0 aromatic heterocycles. The third kappa shape index (κ3) is 4.05. The molecule has 1 amide bonds. The SMILES string of the molecule is O=C(CN1CCC(c2ccccc2)CC1)N1CC[C@H]2NCCC[C@]2(CO)C1. The first kappa shape index (κ1) is 18.9. The van der Waals surface area contributed by atoms with E-state index in [4.69, 9.17) is 0 Å². The Morgan fingerprint density at radius 3 is 2.67 bits per heavy atom. The number of carbonyl (C=O) groups excluding carboxylic acids is 1. The Hall–Kier alpha value is -1.43. The molecule has 5 heteroatoms. The van der Waals surface area contributed by atoms with Crippen LogP contribution in [0.5, 0.6) is 0 Å². The molecule has 2 N–H and O–H groups in total. The van der Waals surface area contributed by atoms with Crippen LogP contribution in [0.15, 0.2) is 30.3 Å². The van der Waals surface area contributed by atoms with Gasteiger partial charge in [-0.25, -0.2) is 0 Å². The average molecular weight is 372 g/mol. The second-order valence-electron chi connectivity index (χ2n) is 8.70. The van der Waals surface area contributed by atoms with Gasteiger partial charge in [0.2, 0.25) is 5.91 Å². The van der Waals surface area contributed by atoms with E-state index in [2.05, 4.69) is 40.5 Å². The zero-order chi connectivity index (χ0) is 18.7. The molecule has 5 nitrogen and oxygen atoms in total. The highest BCUT2D eigenvalue weighted by Crippen LogP contribution is 2.37. The highest BCUT2D eigenvalue weighted by molar-refractivity contribution is 5.78. The summed E-state index contributed by atoms with van der Waals surface area (Å²) in [7, 11) is 0. The Morgan fingerprint density at radius 2 is 1.93 bits per heavy atom. The first-order chi connectivity index (χ1) is 13.2. The molecule has 3 fully saturated rings. The van der Waals surface area contributed by atoms with Crippen LogP contribution < -0.4 is 5.32 Å². The number of nitrogens with one attached hydrogen (secondary N) is 1. The van der Waals surface area contributed by atoms with Crippen molar-refractivity contribution in [1.82, 2.24) is 15.1 Å². The number of piperidine rings is 3. The van der Waals surface area contributed by atoms with E-state index >= 15 is 0 Å². The van der Waals surface area contributed by atoms with Gasteiger partial charge in [-0.1, -0.05) is 30.3 Å². The summed E-state index contributed by atoms with van der Waals surface area (Å²) in [5.74, 6) is 0.865. The van der Waals surface area contributed by atoms with Crippen LogP contribution in [0.2, 0.25) is 0 Å². The third-order valence-corrected chi connectivity index (χ3v) is 7.06. The van der Waals surface area contributed by atoms with Crippen molar-refractivity contribution in [2.45, 2.75) is 44.1 Å². The maximum atomic E-state index is 12.9. The van der Waals surface area contributed by atoms with E-state index in [1.54, 1.807) is 0 Å². The standard InChI is InChI=1S/C22H33N3O2/c26-17-22-10-4-11-23-20(22)9-14-25(16-22)21(27)15-24-12-7-19(8-13-24)18-5-2-1-3-6-18/h1-3,5-6,19-20,23,26H,4,7-17H2/t20-,22-/m1/s1. The minimum absolute atomic E-state index is 0.132. The van der Waals surface area contributed by atoms with Crippen LogP contribution >= 0.6 is 0 Å². The van der Waals surface area contributed by atoms with Gasteiger partial charge >= 0.3 is 0 Å². The molecule has 0 saturated carbocycles. The lowest BCUT2D eigenvalue weighted by molar-refractivity contribution is -0.139. The van der Waals surface area contributed by atoms with E-state index in [9.17, 15) is 9.90 Å². The average Bonchev–Trinajstić information content (AvgIpc) is 2.74. The molecule has 0 bridgehead atoms. The predicted molar refractivity (Wildman–Crippen MR) is 107 cm³/mol. The summed E-state index contributed by atoms with van der Waals surface area (Å²) in [4.78, 5) is 17.3. The van der Waals surface area contributed by atoms with Gasteiger partial charge in [-0.2, -0.15) is 0 Å². The quantitative estimate of drug-likeness (QED) is 0.848. The van der Waals surface area contributed by atoms with Crippen LogP contribution in [0.4, 0.5) is 0 Å². The van der Waals surface area contributed by atoms with Gasteiger partial charge in [0.05, 0.1) is 13.2 Å². The maximum Gasteiger partial charge on any atom is 0.236 e. The van der Waals surface area contributed by atoms with E-state index in [1.807, 2.05) is 4.90 Å². The van der Waals surface area contributed by atoms with Gasteiger partial charge < -0.3 is 15.3 Å². The molecule has 0 aliphatic carbocycles. The fourth-order valence-corrected chi connectivity index (χ4v) is 5.34. The number of carbonyl (C=O) groups is 1.